The molecule has 3 rings (SSSR count). The van der Waals surface area contributed by atoms with E-state index >= 15 is 0 Å². The predicted molar refractivity (Wildman–Crippen MR) is 84.3 cm³/mol. The number of aromatic nitrogens is 1. The van der Waals surface area contributed by atoms with E-state index < -0.39 is 5.97 Å². The quantitative estimate of drug-likeness (QED) is 0.423. The molecule has 0 aliphatic rings. The van der Waals surface area contributed by atoms with Crippen molar-refractivity contribution in [3.63, 3.8) is 0 Å². The molecule has 0 aliphatic heterocycles. The van der Waals surface area contributed by atoms with Crippen LogP contribution in [0.3, 0.4) is 0 Å². The molecular formula is C18H15NO3. The first kappa shape index (κ1) is 14.1. The number of carbonyl (C=O) groups is 1. The molecule has 0 radical (unpaired) electrons. The average Bonchev–Trinajstić information content (AvgIpc) is 2.56. The fourth-order valence-corrected chi connectivity index (χ4v) is 2.47. The highest BCUT2D eigenvalue weighted by Crippen LogP contribution is 2.23. The number of hydrogen-bond acceptors (Lipinski definition) is 3. The van der Waals surface area contributed by atoms with Crippen molar-refractivity contribution >= 4 is 16.9 Å². The smallest absolute Gasteiger partial charge is 0.339 e. The highest BCUT2D eigenvalue weighted by Gasteiger charge is 2.21. The summed E-state index contributed by atoms with van der Waals surface area (Å²) in [6.07, 6.45) is 0. The van der Waals surface area contributed by atoms with Crippen molar-refractivity contribution in [3.05, 3.63) is 71.4 Å². The molecule has 4 heteroatoms. The van der Waals surface area contributed by atoms with Crippen LogP contribution in [-0.2, 0) is 4.74 Å². The van der Waals surface area contributed by atoms with Crippen molar-refractivity contribution in [3.8, 4) is 11.3 Å². The van der Waals surface area contributed by atoms with Crippen LogP contribution in [0.15, 0.2) is 60.7 Å². The van der Waals surface area contributed by atoms with E-state index in [-0.39, 0.29) is 0 Å². The van der Waals surface area contributed by atoms with Crippen molar-refractivity contribution in [2.45, 2.75) is 6.92 Å². The molecule has 22 heavy (non-hydrogen) atoms. The Morgan fingerprint density at radius 1 is 1.09 bits per heavy atom. The maximum atomic E-state index is 12.6. The van der Waals surface area contributed by atoms with Gasteiger partial charge in [-0.3, -0.25) is 0 Å². The van der Waals surface area contributed by atoms with E-state index in [0.29, 0.717) is 28.8 Å². The molecule has 0 aliphatic carbocycles. The van der Waals surface area contributed by atoms with Crippen LogP contribution in [0.5, 0.6) is 0 Å². The summed E-state index contributed by atoms with van der Waals surface area (Å²) in [6.45, 7) is 2.05. The Morgan fingerprint density at radius 2 is 1.77 bits per heavy atom. The first-order valence-corrected chi connectivity index (χ1v) is 7.10. The molecule has 1 aromatic heterocycles. The Balaban J connectivity index is 2.30. The number of rotatable bonds is 3. The molecule has 2 aromatic carbocycles. The fraction of sp³-hybridized carbons (Fsp3) is 0.111. The molecule has 0 N–H and O–H groups in total. The van der Waals surface area contributed by atoms with E-state index in [4.69, 9.17) is 4.74 Å². The summed E-state index contributed by atoms with van der Waals surface area (Å²) in [5.74, 6) is -0.420. The molecular weight excluding hydrogens is 278 g/mol. The molecule has 110 valence electrons. The first-order valence-electron chi connectivity index (χ1n) is 7.10. The van der Waals surface area contributed by atoms with E-state index in [1.165, 1.54) is 0 Å². The van der Waals surface area contributed by atoms with Gasteiger partial charge in [-0.15, -0.1) is 0 Å². The zero-order chi connectivity index (χ0) is 15.5. The maximum absolute atomic E-state index is 12.6. The number of fused-ring (bicyclic) bond motifs is 1. The summed E-state index contributed by atoms with van der Waals surface area (Å²) >= 11 is 0. The van der Waals surface area contributed by atoms with Crippen LogP contribution in [0.2, 0.25) is 0 Å². The van der Waals surface area contributed by atoms with Gasteiger partial charge >= 0.3 is 5.97 Å². The third kappa shape index (κ3) is 2.39. The Bertz CT molecular complexity index is 828. The van der Waals surface area contributed by atoms with Gasteiger partial charge in [0.2, 0.25) is 11.2 Å². The summed E-state index contributed by atoms with van der Waals surface area (Å²) < 4.78 is 5.97. The monoisotopic (exact) mass is 293 g/mol. The van der Waals surface area contributed by atoms with Crippen molar-refractivity contribution in [2.24, 2.45) is 0 Å². The van der Waals surface area contributed by atoms with Crippen LogP contribution in [0.1, 0.15) is 17.3 Å². The fourth-order valence-electron chi connectivity index (χ4n) is 2.47. The Kier molecular flexibility index (Phi) is 3.74. The molecule has 0 saturated heterocycles. The summed E-state index contributed by atoms with van der Waals surface area (Å²) in [4.78, 5) is 12.2. The topological polar surface area (TPSA) is 53.2 Å². The molecule has 3 aromatic rings. The summed E-state index contributed by atoms with van der Waals surface area (Å²) in [5.41, 5.74) is 2.05. The second-order valence-electron chi connectivity index (χ2n) is 4.84. The van der Waals surface area contributed by atoms with Crippen LogP contribution in [-0.4, -0.2) is 12.6 Å². The van der Waals surface area contributed by atoms with Gasteiger partial charge in [-0.2, -0.15) is 4.73 Å². The van der Waals surface area contributed by atoms with Crippen LogP contribution < -0.4 is 4.73 Å². The first-order chi connectivity index (χ1) is 10.7. The number of pyridine rings is 1. The molecule has 0 atom stereocenters. The molecule has 0 bridgehead atoms. The van der Waals surface area contributed by atoms with Crippen molar-refractivity contribution in [2.75, 3.05) is 6.61 Å². The number of para-hydroxylation sites is 1. The summed E-state index contributed by atoms with van der Waals surface area (Å²) in [5, 5.41) is 13.2. The van der Waals surface area contributed by atoms with E-state index in [0.717, 1.165) is 10.3 Å². The second-order valence-corrected chi connectivity index (χ2v) is 4.84. The van der Waals surface area contributed by atoms with Crippen molar-refractivity contribution < 1.29 is 14.3 Å². The van der Waals surface area contributed by atoms with Gasteiger partial charge < -0.3 is 9.94 Å². The van der Waals surface area contributed by atoms with E-state index in [2.05, 4.69) is 0 Å². The molecule has 1 heterocycles. The number of esters is 1. The van der Waals surface area contributed by atoms with Crippen LogP contribution in [0.25, 0.3) is 22.2 Å². The predicted octanol–water partition coefficient (Wildman–Crippen LogP) is 3.32. The normalized spacial score (nSPS) is 10.6. The zero-order valence-corrected chi connectivity index (χ0v) is 12.2. The van der Waals surface area contributed by atoms with Crippen molar-refractivity contribution in [1.29, 1.82) is 0 Å². The number of benzene rings is 2. The second kappa shape index (κ2) is 5.85. The molecule has 0 spiro atoms. The SMILES string of the molecule is CCOC(=O)c1cc(-c2ccccc2)[n+]([O-])c2ccccc12. The minimum atomic E-state index is -0.420. The lowest BCUT2D eigenvalue weighted by Crippen LogP contribution is -2.31. The van der Waals surface area contributed by atoms with Gasteiger partial charge in [0, 0.05) is 17.7 Å². The van der Waals surface area contributed by atoms with Crippen LogP contribution in [0.4, 0.5) is 0 Å². The highest BCUT2D eigenvalue weighted by molar-refractivity contribution is 6.03. The number of carbonyl (C=O) groups excluding carboxylic acids is 1. The van der Waals surface area contributed by atoms with Crippen molar-refractivity contribution in [1.82, 2.24) is 0 Å². The van der Waals surface area contributed by atoms with Gasteiger partial charge in [-0.1, -0.05) is 30.3 Å². The third-order valence-electron chi connectivity index (χ3n) is 3.48. The van der Waals surface area contributed by atoms with Gasteiger partial charge in [-0.05, 0) is 25.1 Å². The number of hydrogen-bond donors (Lipinski definition) is 0. The van der Waals surface area contributed by atoms with Gasteiger partial charge in [0.05, 0.1) is 17.6 Å². The van der Waals surface area contributed by atoms with Gasteiger partial charge in [0.15, 0.2) is 0 Å². The van der Waals surface area contributed by atoms with Crippen LogP contribution >= 0.6 is 0 Å². The lowest BCUT2D eigenvalue weighted by molar-refractivity contribution is -0.565. The Hall–Kier alpha value is -2.88. The van der Waals surface area contributed by atoms with Crippen LogP contribution in [0, 0.1) is 5.21 Å². The lowest BCUT2D eigenvalue weighted by atomic mass is 10.0. The zero-order valence-electron chi connectivity index (χ0n) is 12.2. The minimum Gasteiger partial charge on any atom is -0.618 e. The van der Waals surface area contributed by atoms with E-state index in [1.54, 1.807) is 37.3 Å². The molecule has 0 unspecified atom stereocenters. The number of nitrogens with zero attached hydrogens (tertiary/aromatic N) is 1. The highest BCUT2D eigenvalue weighted by atomic mass is 16.5. The maximum Gasteiger partial charge on any atom is 0.339 e. The molecule has 0 saturated carbocycles. The third-order valence-corrected chi connectivity index (χ3v) is 3.48. The van der Waals surface area contributed by atoms with Gasteiger partial charge in [-0.25, -0.2) is 4.79 Å². The Morgan fingerprint density at radius 3 is 2.50 bits per heavy atom. The van der Waals surface area contributed by atoms with Gasteiger partial charge in [0.1, 0.15) is 0 Å². The molecule has 4 nitrogen and oxygen atoms in total. The number of ether oxygens (including phenoxy) is 1. The average molecular weight is 293 g/mol. The standard InChI is InChI=1S/C18H15NO3/c1-2-22-18(20)15-12-17(13-8-4-3-5-9-13)19(21)16-11-7-6-10-14(15)16/h3-12H,2H2,1H3. The Labute approximate surface area is 128 Å². The summed E-state index contributed by atoms with van der Waals surface area (Å²) in [6, 6.07) is 17.9. The molecule has 0 fully saturated rings. The summed E-state index contributed by atoms with van der Waals surface area (Å²) in [7, 11) is 0. The molecule has 0 amide bonds. The van der Waals surface area contributed by atoms with E-state index in [9.17, 15) is 10.0 Å². The largest absolute Gasteiger partial charge is 0.618 e. The van der Waals surface area contributed by atoms with Gasteiger partial charge in [0.25, 0.3) is 0 Å². The minimum absolute atomic E-state index is 0.292. The van der Waals surface area contributed by atoms with E-state index in [1.807, 2.05) is 30.3 Å². The lowest BCUT2D eigenvalue weighted by Gasteiger charge is -2.11.